The molecule has 0 saturated carbocycles. The van der Waals surface area contributed by atoms with Crippen molar-refractivity contribution >= 4 is 23.7 Å². The van der Waals surface area contributed by atoms with E-state index in [9.17, 15) is 14.5 Å². The zero-order valence-electron chi connectivity index (χ0n) is 18.2. The van der Waals surface area contributed by atoms with E-state index in [1.54, 1.807) is 38.1 Å². The first-order valence-corrected chi connectivity index (χ1v) is 8.56. The first-order chi connectivity index (χ1) is 13.3. The number of benzene rings is 2. The standard InChI is InChI=1S/C20H19BO7.2Na/c1-10-6-7-14-17(12(3)27-20(14)19(10)28-21(23)24)18(22)13-8-15(25-4)11(2)16(9-13)26-5;;/h6-9H,1-5H3;;/q-2;2*+1. The Morgan fingerprint density at radius 1 is 1.03 bits per heavy atom. The van der Waals surface area contributed by atoms with Crippen molar-refractivity contribution in [1.29, 1.82) is 0 Å². The fourth-order valence-electron chi connectivity index (χ4n) is 3.24. The minimum Gasteiger partial charge on any atom is -0.754 e. The molecule has 3 aromatic rings. The van der Waals surface area contributed by atoms with Gasteiger partial charge in [0.15, 0.2) is 18.4 Å². The molecule has 1 aromatic heterocycles. The molecule has 7 nitrogen and oxygen atoms in total. The van der Waals surface area contributed by atoms with Crippen molar-refractivity contribution in [1.82, 2.24) is 0 Å². The van der Waals surface area contributed by atoms with Gasteiger partial charge in [0.1, 0.15) is 17.3 Å². The third-order valence-electron chi connectivity index (χ3n) is 4.64. The van der Waals surface area contributed by atoms with E-state index in [4.69, 9.17) is 18.5 Å². The molecular formula is C20H19BNa2O7. The Morgan fingerprint density at radius 2 is 1.60 bits per heavy atom. The summed E-state index contributed by atoms with van der Waals surface area (Å²) in [7, 11) is 3.03. The molecule has 0 bridgehead atoms. The summed E-state index contributed by atoms with van der Waals surface area (Å²) in [6.45, 7) is 2.66. The van der Waals surface area contributed by atoms with Gasteiger partial charge in [-0.15, -0.1) is 0 Å². The molecule has 1 heterocycles. The van der Waals surface area contributed by atoms with Crippen molar-refractivity contribution in [3.63, 3.8) is 0 Å². The number of methoxy groups -OCH3 is 2. The summed E-state index contributed by atoms with van der Waals surface area (Å²) >= 11 is 0. The average Bonchev–Trinajstić information content (AvgIpc) is 2.99. The molecule has 0 atom stereocenters. The molecule has 0 aliphatic rings. The molecule has 0 fully saturated rings. The molecule has 146 valence electrons. The molecule has 3 rings (SSSR count). The Kier molecular flexibility index (Phi) is 9.67. The van der Waals surface area contributed by atoms with Gasteiger partial charge in [-0.3, -0.25) is 4.79 Å². The van der Waals surface area contributed by atoms with Crippen LogP contribution in [0, 0.1) is 20.8 Å². The number of ketones is 1. The zero-order valence-corrected chi connectivity index (χ0v) is 22.2. The summed E-state index contributed by atoms with van der Waals surface area (Å²) < 4.78 is 32.2. The summed E-state index contributed by atoms with van der Waals surface area (Å²) in [5.74, 6) is 1.14. The van der Waals surface area contributed by atoms with Gasteiger partial charge in [-0.05, 0) is 44.5 Å². The monoisotopic (exact) mass is 428 g/mol. The van der Waals surface area contributed by atoms with E-state index in [2.05, 4.69) is 0 Å². The Balaban J connectivity index is 0.00000225. The Morgan fingerprint density at radius 3 is 2.10 bits per heavy atom. The molecule has 10 heteroatoms. The fourth-order valence-corrected chi connectivity index (χ4v) is 3.24. The minimum atomic E-state index is -2.50. The largest absolute Gasteiger partial charge is 1.00 e. The van der Waals surface area contributed by atoms with Crippen molar-refractivity contribution in [2.24, 2.45) is 0 Å². The van der Waals surface area contributed by atoms with E-state index >= 15 is 0 Å². The van der Waals surface area contributed by atoms with E-state index in [1.165, 1.54) is 14.2 Å². The number of fused-ring (bicyclic) bond motifs is 1. The van der Waals surface area contributed by atoms with E-state index in [0.29, 0.717) is 39.3 Å². The topological polar surface area (TPSA) is 98.0 Å². The van der Waals surface area contributed by atoms with Gasteiger partial charge in [-0.1, -0.05) is 6.07 Å². The second kappa shape index (κ2) is 10.8. The molecule has 0 saturated heterocycles. The van der Waals surface area contributed by atoms with E-state index in [0.717, 1.165) is 5.56 Å². The number of furan rings is 1. The number of carbonyl (C=O) groups is 1. The maximum Gasteiger partial charge on any atom is 1.00 e. The van der Waals surface area contributed by atoms with Crippen LogP contribution < -0.4 is 78.3 Å². The molecule has 0 unspecified atom stereocenters. The zero-order chi connectivity index (χ0) is 20.6. The predicted octanol–water partition coefficient (Wildman–Crippen LogP) is -3.23. The second-order valence-electron chi connectivity index (χ2n) is 6.36. The van der Waals surface area contributed by atoms with Crippen molar-refractivity contribution in [2.75, 3.05) is 14.2 Å². The van der Waals surface area contributed by atoms with E-state index < -0.39 is 6.99 Å². The molecular weight excluding hydrogens is 409 g/mol. The molecule has 0 aliphatic heterocycles. The van der Waals surface area contributed by atoms with Gasteiger partial charge in [0.05, 0.1) is 19.8 Å². The van der Waals surface area contributed by atoms with E-state index in [-0.39, 0.29) is 76.2 Å². The number of carbonyl (C=O) groups excluding carboxylic acids is 1. The third-order valence-corrected chi connectivity index (χ3v) is 4.64. The molecule has 30 heavy (non-hydrogen) atoms. The van der Waals surface area contributed by atoms with Crippen LogP contribution in [0.1, 0.15) is 32.8 Å². The van der Waals surface area contributed by atoms with Gasteiger partial charge in [-0.2, -0.15) is 0 Å². The van der Waals surface area contributed by atoms with Gasteiger partial charge < -0.3 is 28.3 Å². The van der Waals surface area contributed by atoms with Crippen LogP contribution in [0.3, 0.4) is 0 Å². The van der Waals surface area contributed by atoms with E-state index in [1.807, 2.05) is 6.92 Å². The molecule has 0 aliphatic carbocycles. The Hall–Kier alpha value is -1.29. The summed E-state index contributed by atoms with van der Waals surface area (Å²) in [6.07, 6.45) is 0. The second-order valence-corrected chi connectivity index (χ2v) is 6.36. The van der Waals surface area contributed by atoms with Gasteiger partial charge in [0.25, 0.3) is 0 Å². The maximum absolute atomic E-state index is 13.3. The van der Waals surface area contributed by atoms with Gasteiger partial charge >= 0.3 is 59.1 Å². The van der Waals surface area contributed by atoms with Crippen molar-refractivity contribution in [3.8, 4) is 17.2 Å². The van der Waals surface area contributed by atoms with Crippen molar-refractivity contribution < 1.29 is 92.2 Å². The number of aryl methyl sites for hydroxylation is 2. The SMILES string of the molecule is COc1cc(C(=O)c2c(C)oc3c(O[B-](=O)[O-])c(C)ccc23)cc(OC)c1C.[Na+].[Na+]. The summed E-state index contributed by atoms with van der Waals surface area (Å²) in [6, 6.07) is 6.64. The molecule has 2 aromatic carbocycles. The van der Waals surface area contributed by atoms with Crippen LogP contribution in [0.5, 0.6) is 17.2 Å². The molecule has 0 amide bonds. The van der Waals surface area contributed by atoms with Crippen LogP contribution >= 0.6 is 0 Å². The normalized spacial score (nSPS) is 10.0. The quantitative estimate of drug-likeness (QED) is 0.301. The van der Waals surface area contributed by atoms with Crippen LogP contribution in [-0.4, -0.2) is 27.0 Å². The Labute approximate surface area is 218 Å². The maximum atomic E-state index is 13.3. The van der Waals surface area contributed by atoms with Gasteiger partial charge in [0.2, 0.25) is 0 Å². The number of rotatable bonds is 6. The minimum absolute atomic E-state index is 0. The van der Waals surface area contributed by atoms with Gasteiger partial charge in [-0.25, -0.2) is 0 Å². The number of ether oxygens (including phenoxy) is 2. The molecule has 0 radical (unpaired) electrons. The first kappa shape index (κ1) is 26.7. The van der Waals surface area contributed by atoms with Crippen molar-refractivity contribution in [2.45, 2.75) is 20.8 Å². The van der Waals surface area contributed by atoms with Crippen molar-refractivity contribution in [3.05, 3.63) is 52.3 Å². The first-order valence-electron chi connectivity index (χ1n) is 8.56. The summed E-state index contributed by atoms with van der Waals surface area (Å²) in [5.41, 5.74) is 2.22. The predicted molar refractivity (Wildman–Crippen MR) is 100 cm³/mol. The van der Waals surface area contributed by atoms with Crippen LogP contribution in [0.2, 0.25) is 0 Å². The third kappa shape index (κ3) is 4.95. The number of hydrogen-bond donors (Lipinski definition) is 0. The average molecular weight is 428 g/mol. The summed E-state index contributed by atoms with van der Waals surface area (Å²) in [5, 5.41) is 11.5. The number of hydrogen-bond acceptors (Lipinski definition) is 7. The van der Waals surface area contributed by atoms with Crippen LogP contribution in [0.4, 0.5) is 0 Å². The van der Waals surface area contributed by atoms with Crippen LogP contribution in [0.25, 0.3) is 11.0 Å². The molecule has 0 N–H and O–H groups in total. The Bertz CT molecular complexity index is 1080. The smallest absolute Gasteiger partial charge is 0.754 e. The summed E-state index contributed by atoms with van der Waals surface area (Å²) in [4.78, 5) is 13.3. The molecule has 0 spiro atoms. The van der Waals surface area contributed by atoms with Gasteiger partial charge in [0, 0.05) is 22.3 Å². The van der Waals surface area contributed by atoms with Crippen LogP contribution in [-0.2, 0) is 4.70 Å². The van der Waals surface area contributed by atoms with Crippen LogP contribution in [0.15, 0.2) is 28.7 Å². The fraction of sp³-hybridized carbons (Fsp3) is 0.250.